The average Bonchev–Trinajstić information content (AvgIpc) is 3.10. The highest BCUT2D eigenvalue weighted by molar-refractivity contribution is 7.92. The number of para-hydroxylation sites is 1. The Kier molecular flexibility index (Phi) is 5.37. The van der Waals surface area contributed by atoms with E-state index in [9.17, 15) is 13.2 Å². The van der Waals surface area contributed by atoms with Crippen molar-refractivity contribution in [1.29, 1.82) is 0 Å². The van der Waals surface area contributed by atoms with Gasteiger partial charge in [0.25, 0.3) is 0 Å². The van der Waals surface area contributed by atoms with Crippen molar-refractivity contribution in [2.75, 3.05) is 11.0 Å². The zero-order chi connectivity index (χ0) is 19.3. The van der Waals surface area contributed by atoms with Crippen LogP contribution in [0.5, 0.6) is 5.75 Å². The molecule has 0 amide bonds. The highest BCUT2D eigenvalue weighted by atomic mass is 32.2. The predicted octanol–water partition coefficient (Wildman–Crippen LogP) is 2.86. The SMILES string of the molecule is CS(=O)(=O)Nc1ccc(OC(=O)/C=C/c2cnn(-c3ccccc3)c2)cc1. The molecular weight excluding hydrogens is 366 g/mol. The summed E-state index contributed by atoms with van der Waals surface area (Å²) in [5.74, 6) is -0.241. The van der Waals surface area contributed by atoms with Gasteiger partial charge < -0.3 is 4.74 Å². The first-order valence-corrected chi connectivity index (χ1v) is 9.86. The zero-order valence-electron chi connectivity index (χ0n) is 14.4. The monoisotopic (exact) mass is 383 g/mol. The fraction of sp³-hybridized carbons (Fsp3) is 0.0526. The average molecular weight is 383 g/mol. The van der Waals surface area contributed by atoms with Gasteiger partial charge in [0.15, 0.2) is 0 Å². The third-order valence-electron chi connectivity index (χ3n) is 3.41. The van der Waals surface area contributed by atoms with Gasteiger partial charge in [-0.1, -0.05) is 18.2 Å². The molecule has 27 heavy (non-hydrogen) atoms. The Morgan fingerprint density at radius 1 is 1.11 bits per heavy atom. The molecule has 2 aromatic carbocycles. The van der Waals surface area contributed by atoms with Crippen LogP contribution >= 0.6 is 0 Å². The van der Waals surface area contributed by atoms with E-state index >= 15 is 0 Å². The molecule has 8 heteroatoms. The minimum absolute atomic E-state index is 0.309. The first kappa shape index (κ1) is 18.4. The molecule has 1 heterocycles. The number of nitrogens with one attached hydrogen (secondary N) is 1. The van der Waals surface area contributed by atoms with Crippen molar-refractivity contribution in [3.8, 4) is 11.4 Å². The maximum atomic E-state index is 11.9. The molecule has 0 radical (unpaired) electrons. The number of aromatic nitrogens is 2. The maximum Gasteiger partial charge on any atom is 0.336 e. The van der Waals surface area contributed by atoms with Crippen molar-refractivity contribution in [2.45, 2.75) is 0 Å². The number of anilines is 1. The summed E-state index contributed by atoms with van der Waals surface area (Å²) in [4.78, 5) is 11.9. The van der Waals surface area contributed by atoms with Crippen molar-refractivity contribution in [3.05, 3.63) is 78.6 Å². The molecule has 0 fully saturated rings. The van der Waals surface area contributed by atoms with Gasteiger partial charge in [0.05, 0.1) is 18.1 Å². The summed E-state index contributed by atoms with van der Waals surface area (Å²) in [6, 6.07) is 15.6. The lowest BCUT2D eigenvalue weighted by molar-refractivity contribution is -0.128. The Morgan fingerprint density at radius 3 is 2.48 bits per heavy atom. The number of ether oxygens (including phenoxy) is 1. The van der Waals surface area contributed by atoms with E-state index in [1.165, 1.54) is 30.3 Å². The number of nitrogens with zero attached hydrogens (tertiary/aromatic N) is 2. The van der Waals surface area contributed by atoms with Crippen LogP contribution in [-0.4, -0.2) is 30.4 Å². The Morgan fingerprint density at radius 2 is 1.81 bits per heavy atom. The molecule has 0 atom stereocenters. The van der Waals surface area contributed by atoms with Crippen molar-refractivity contribution in [3.63, 3.8) is 0 Å². The van der Waals surface area contributed by atoms with E-state index in [0.29, 0.717) is 11.4 Å². The topological polar surface area (TPSA) is 90.3 Å². The third-order valence-corrected chi connectivity index (χ3v) is 4.02. The van der Waals surface area contributed by atoms with Crippen LogP contribution in [0, 0.1) is 0 Å². The van der Waals surface area contributed by atoms with Crippen molar-refractivity contribution in [1.82, 2.24) is 9.78 Å². The number of carbonyl (C=O) groups excluding carboxylic acids is 1. The summed E-state index contributed by atoms with van der Waals surface area (Å²) in [5.41, 5.74) is 2.06. The van der Waals surface area contributed by atoms with E-state index in [-0.39, 0.29) is 0 Å². The minimum atomic E-state index is -3.35. The number of hydrogen-bond donors (Lipinski definition) is 1. The fourth-order valence-electron chi connectivity index (χ4n) is 2.26. The van der Waals surface area contributed by atoms with E-state index in [1.807, 2.05) is 30.3 Å². The number of rotatable bonds is 6. The molecule has 0 bridgehead atoms. The second kappa shape index (κ2) is 7.88. The highest BCUT2D eigenvalue weighted by Crippen LogP contribution is 2.17. The molecule has 0 saturated carbocycles. The fourth-order valence-corrected chi connectivity index (χ4v) is 2.83. The Labute approximate surface area is 157 Å². The summed E-state index contributed by atoms with van der Waals surface area (Å²) in [6.45, 7) is 0. The lowest BCUT2D eigenvalue weighted by Gasteiger charge is -2.05. The molecule has 0 aliphatic carbocycles. The minimum Gasteiger partial charge on any atom is -0.423 e. The Balaban J connectivity index is 1.60. The summed E-state index contributed by atoms with van der Waals surface area (Å²) >= 11 is 0. The normalized spacial score (nSPS) is 11.4. The van der Waals surface area contributed by atoms with Gasteiger partial charge in [-0.3, -0.25) is 4.72 Å². The lowest BCUT2D eigenvalue weighted by atomic mass is 10.3. The number of hydrogen-bond acceptors (Lipinski definition) is 5. The van der Waals surface area contributed by atoms with Crippen molar-refractivity contribution < 1.29 is 17.9 Å². The van der Waals surface area contributed by atoms with Gasteiger partial charge in [-0.15, -0.1) is 0 Å². The molecule has 3 aromatic rings. The van der Waals surface area contributed by atoms with Gasteiger partial charge in [-0.2, -0.15) is 5.10 Å². The second-order valence-electron chi connectivity index (χ2n) is 5.71. The molecule has 1 aromatic heterocycles. The van der Waals surface area contributed by atoms with Gasteiger partial charge in [0.1, 0.15) is 5.75 Å². The highest BCUT2D eigenvalue weighted by Gasteiger charge is 2.04. The van der Waals surface area contributed by atoms with Crippen LogP contribution in [0.3, 0.4) is 0 Å². The summed E-state index contributed by atoms with van der Waals surface area (Å²) in [6.07, 6.45) is 7.40. The van der Waals surface area contributed by atoms with Crippen LogP contribution < -0.4 is 9.46 Å². The summed E-state index contributed by atoms with van der Waals surface area (Å²) in [7, 11) is -3.35. The molecule has 0 unspecified atom stereocenters. The van der Waals surface area contributed by atoms with Crippen molar-refractivity contribution >= 4 is 27.8 Å². The maximum absolute atomic E-state index is 11.9. The van der Waals surface area contributed by atoms with E-state index in [0.717, 1.165) is 17.5 Å². The molecule has 138 valence electrons. The first-order chi connectivity index (χ1) is 12.9. The van der Waals surface area contributed by atoms with Gasteiger partial charge in [0.2, 0.25) is 10.0 Å². The smallest absolute Gasteiger partial charge is 0.336 e. The van der Waals surface area contributed by atoms with E-state index in [1.54, 1.807) is 23.2 Å². The van der Waals surface area contributed by atoms with Crippen molar-refractivity contribution in [2.24, 2.45) is 0 Å². The number of benzene rings is 2. The molecule has 0 aliphatic rings. The molecular formula is C19H17N3O4S. The molecule has 0 aliphatic heterocycles. The quantitative estimate of drug-likeness (QED) is 0.402. The molecule has 7 nitrogen and oxygen atoms in total. The van der Waals surface area contributed by atoms with E-state index in [2.05, 4.69) is 9.82 Å². The Hall–Kier alpha value is -3.39. The van der Waals surface area contributed by atoms with Gasteiger partial charge >= 0.3 is 5.97 Å². The molecule has 3 rings (SSSR count). The summed E-state index contributed by atoms with van der Waals surface area (Å²) in [5, 5.41) is 4.24. The van der Waals surface area contributed by atoms with E-state index < -0.39 is 16.0 Å². The number of sulfonamides is 1. The standard InChI is InChI=1S/C19H17N3O4S/c1-27(24,25)21-16-8-10-18(11-9-16)26-19(23)12-7-15-13-20-22(14-15)17-5-3-2-4-6-17/h2-14,21H,1H3/b12-7+. The first-order valence-electron chi connectivity index (χ1n) is 7.97. The van der Waals surface area contributed by atoms with Crippen LogP contribution in [0.25, 0.3) is 11.8 Å². The number of esters is 1. The Bertz CT molecular complexity index is 1060. The number of carbonyl (C=O) groups is 1. The predicted molar refractivity (Wildman–Crippen MR) is 103 cm³/mol. The van der Waals surface area contributed by atoms with E-state index in [4.69, 9.17) is 4.74 Å². The molecule has 0 spiro atoms. The zero-order valence-corrected chi connectivity index (χ0v) is 15.3. The van der Waals surface area contributed by atoms with Crippen LogP contribution in [0.2, 0.25) is 0 Å². The van der Waals surface area contributed by atoms with Crippen LogP contribution in [-0.2, 0) is 14.8 Å². The molecule has 1 N–H and O–H groups in total. The lowest BCUT2D eigenvalue weighted by Crippen LogP contribution is -2.09. The van der Waals surface area contributed by atoms with Crippen LogP contribution in [0.1, 0.15) is 5.56 Å². The molecule has 0 saturated heterocycles. The van der Waals surface area contributed by atoms with Gasteiger partial charge in [-0.25, -0.2) is 17.9 Å². The largest absolute Gasteiger partial charge is 0.423 e. The second-order valence-corrected chi connectivity index (χ2v) is 7.46. The third kappa shape index (κ3) is 5.55. The van der Waals surface area contributed by atoms with Gasteiger partial charge in [-0.05, 0) is 42.5 Å². The summed E-state index contributed by atoms with van der Waals surface area (Å²) < 4.78 is 31.5. The van der Waals surface area contributed by atoms with Crippen LogP contribution in [0.15, 0.2) is 73.1 Å². The van der Waals surface area contributed by atoms with Crippen LogP contribution in [0.4, 0.5) is 5.69 Å². The van der Waals surface area contributed by atoms with Gasteiger partial charge in [0, 0.05) is 23.5 Å².